The van der Waals surface area contributed by atoms with E-state index in [4.69, 9.17) is 11.6 Å². The number of nitrogens with zero attached hydrogens (tertiary/aromatic N) is 1. The maximum atomic E-state index is 12.1. The van der Waals surface area contributed by atoms with Crippen LogP contribution >= 0.6 is 27.5 Å². The van der Waals surface area contributed by atoms with E-state index in [1.807, 2.05) is 13.0 Å². The van der Waals surface area contributed by atoms with Crippen molar-refractivity contribution in [3.8, 4) is 0 Å². The molecule has 130 valence electrons. The zero-order chi connectivity index (χ0) is 18.6. The molecule has 0 heterocycles. The number of halogens is 2. The minimum atomic E-state index is -0.731. The van der Waals surface area contributed by atoms with E-state index in [1.54, 1.807) is 12.1 Å². The Bertz CT molecular complexity index is 857. The minimum Gasteiger partial charge on any atom is -0.343 e. The van der Waals surface area contributed by atoms with Gasteiger partial charge in [0.15, 0.2) is 0 Å². The molecule has 0 radical (unpaired) electrons. The van der Waals surface area contributed by atoms with Crippen molar-refractivity contribution in [2.75, 3.05) is 11.9 Å². The molecule has 2 N–H and O–H groups in total. The predicted molar refractivity (Wildman–Crippen MR) is 97.9 cm³/mol. The molecule has 0 aromatic heterocycles. The summed E-state index contributed by atoms with van der Waals surface area (Å²) in [5.41, 5.74) is 0.874. The Morgan fingerprint density at radius 1 is 1.24 bits per heavy atom. The molecule has 0 spiro atoms. The van der Waals surface area contributed by atoms with Crippen LogP contribution in [0.1, 0.15) is 15.9 Å². The van der Waals surface area contributed by atoms with Crippen molar-refractivity contribution in [2.45, 2.75) is 6.92 Å². The molecular formula is C16H13BrClN3O4. The van der Waals surface area contributed by atoms with Crippen LogP contribution < -0.4 is 10.6 Å². The van der Waals surface area contributed by atoms with E-state index in [9.17, 15) is 19.7 Å². The molecule has 2 rings (SSSR count). The van der Waals surface area contributed by atoms with Crippen LogP contribution in [0.25, 0.3) is 0 Å². The fourth-order valence-electron chi connectivity index (χ4n) is 2.07. The number of nitro benzene ring substituents is 1. The molecule has 0 fully saturated rings. The predicted octanol–water partition coefficient (Wildman–Crippen LogP) is 3.69. The highest BCUT2D eigenvalue weighted by molar-refractivity contribution is 9.10. The van der Waals surface area contributed by atoms with Crippen LogP contribution in [0.3, 0.4) is 0 Å². The fraction of sp³-hybridized carbons (Fsp3) is 0.125. The van der Waals surface area contributed by atoms with Gasteiger partial charge in [-0.2, -0.15) is 0 Å². The summed E-state index contributed by atoms with van der Waals surface area (Å²) in [5, 5.41) is 16.2. The normalized spacial score (nSPS) is 10.2. The lowest BCUT2D eigenvalue weighted by Crippen LogP contribution is -2.33. The number of carbonyl (C=O) groups is 2. The van der Waals surface area contributed by atoms with Crippen molar-refractivity contribution >= 4 is 50.7 Å². The number of amides is 2. The summed E-state index contributed by atoms with van der Waals surface area (Å²) >= 11 is 9.03. The number of carbonyl (C=O) groups excluding carboxylic acids is 2. The summed E-state index contributed by atoms with van der Waals surface area (Å²) in [4.78, 5) is 34.4. The maximum absolute atomic E-state index is 12.1. The van der Waals surface area contributed by atoms with Crippen molar-refractivity contribution in [1.82, 2.24) is 5.32 Å². The standard InChI is InChI=1S/C16H13BrClN3O4/c1-9-6-10(17)2-5-13(9)20-15(22)8-19-16(23)12-4-3-11(18)7-14(12)21(24)25/h2-7H,8H2,1H3,(H,19,23)(H,20,22). The smallest absolute Gasteiger partial charge is 0.283 e. The van der Waals surface area contributed by atoms with Crippen molar-refractivity contribution < 1.29 is 14.5 Å². The first-order valence-electron chi connectivity index (χ1n) is 7.06. The van der Waals surface area contributed by atoms with Gasteiger partial charge in [0.25, 0.3) is 11.6 Å². The van der Waals surface area contributed by atoms with Crippen LogP contribution in [0.5, 0.6) is 0 Å². The van der Waals surface area contributed by atoms with E-state index in [1.165, 1.54) is 12.1 Å². The topological polar surface area (TPSA) is 101 Å². The molecule has 0 aliphatic carbocycles. The maximum Gasteiger partial charge on any atom is 0.283 e. The average Bonchev–Trinajstić information content (AvgIpc) is 2.55. The number of benzene rings is 2. The van der Waals surface area contributed by atoms with Crippen molar-refractivity contribution in [2.24, 2.45) is 0 Å². The summed E-state index contributed by atoms with van der Waals surface area (Å²) in [7, 11) is 0. The lowest BCUT2D eigenvalue weighted by molar-refractivity contribution is -0.385. The Labute approximate surface area is 156 Å². The van der Waals surface area contributed by atoms with Crippen LogP contribution in [0, 0.1) is 17.0 Å². The molecule has 2 aromatic rings. The zero-order valence-corrected chi connectivity index (χ0v) is 15.3. The van der Waals surface area contributed by atoms with Crippen LogP contribution in [-0.4, -0.2) is 23.3 Å². The number of nitrogens with one attached hydrogen (secondary N) is 2. The Morgan fingerprint density at radius 3 is 2.60 bits per heavy atom. The molecule has 0 unspecified atom stereocenters. The lowest BCUT2D eigenvalue weighted by Gasteiger charge is -2.10. The number of anilines is 1. The molecule has 0 aliphatic heterocycles. The van der Waals surface area contributed by atoms with Gasteiger partial charge < -0.3 is 10.6 Å². The second kappa shape index (κ2) is 8.09. The van der Waals surface area contributed by atoms with Gasteiger partial charge in [-0.1, -0.05) is 27.5 Å². The van der Waals surface area contributed by atoms with Gasteiger partial charge in [-0.25, -0.2) is 0 Å². The van der Waals surface area contributed by atoms with Gasteiger partial charge in [-0.15, -0.1) is 0 Å². The van der Waals surface area contributed by atoms with Crippen molar-refractivity contribution in [1.29, 1.82) is 0 Å². The van der Waals surface area contributed by atoms with E-state index in [0.717, 1.165) is 16.1 Å². The molecule has 0 aliphatic rings. The SMILES string of the molecule is Cc1cc(Br)ccc1NC(=O)CNC(=O)c1ccc(Cl)cc1[N+](=O)[O-]. The van der Waals surface area contributed by atoms with E-state index in [-0.39, 0.29) is 17.1 Å². The third-order valence-electron chi connectivity index (χ3n) is 3.27. The van der Waals surface area contributed by atoms with Crippen LogP contribution in [0.4, 0.5) is 11.4 Å². The van der Waals surface area contributed by atoms with E-state index < -0.39 is 22.4 Å². The Balaban J connectivity index is 2.02. The molecule has 25 heavy (non-hydrogen) atoms. The second-order valence-electron chi connectivity index (χ2n) is 5.11. The summed E-state index contributed by atoms with van der Waals surface area (Å²) in [6, 6.07) is 9.04. The fourth-order valence-corrected chi connectivity index (χ4v) is 2.71. The molecule has 0 saturated carbocycles. The number of rotatable bonds is 5. The summed E-state index contributed by atoms with van der Waals surface area (Å²) in [6.07, 6.45) is 0. The summed E-state index contributed by atoms with van der Waals surface area (Å²) in [5.74, 6) is -1.18. The lowest BCUT2D eigenvalue weighted by atomic mass is 10.1. The second-order valence-corrected chi connectivity index (χ2v) is 6.46. The molecule has 0 atom stereocenters. The Kier molecular flexibility index (Phi) is 6.11. The summed E-state index contributed by atoms with van der Waals surface area (Å²) in [6.45, 7) is 1.50. The monoisotopic (exact) mass is 425 g/mol. The van der Waals surface area contributed by atoms with E-state index in [2.05, 4.69) is 26.6 Å². The van der Waals surface area contributed by atoms with Crippen LogP contribution in [-0.2, 0) is 4.79 Å². The number of aryl methyl sites for hydroxylation is 1. The molecule has 7 nitrogen and oxygen atoms in total. The third kappa shape index (κ3) is 5.01. The molecule has 0 saturated heterocycles. The highest BCUT2D eigenvalue weighted by atomic mass is 79.9. The average molecular weight is 427 g/mol. The first kappa shape index (κ1) is 18.9. The van der Waals surface area contributed by atoms with Crippen LogP contribution in [0.15, 0.2) is 40.9 Å². The van der Waals surface area contributed by atoms with E-state index in [0.29, 0.717) is 5.69 Å². The Hall–Kier alpha value is -2.45. The number of nitro groups is 1. The van der Waals surface area contributed by atoms with Gasteiger partial charge in [-0.05, 0) is 42.8 Å². The van der Waals surface area contributed by atoms with Gasteiger partial charge in [0, 0.05) is 21.2 Å². The molecule has 2 aromatic carbocycles. The van der Waals surface area contributed by atoms with Crippen molar-refractivity contribution in [3.63, 3.8) is 0 Å². The van der Waals surface area contributed by atoms with Gasteiger partial charge in [0.2, 0.25) is 5.91 Å². The quantitative estimate of drug-likeness (QED) is 0.562. The largest absolute Gasteiger partial charge is 0.343 e. The highest BCUT2D eigenvalue weighted by Crippen LogP contribution is 2.23. The van der Waals surface area contributed by atoms with Crippen molar-refractivity contribution in [3.05, 3.63) is 67.1 Å². The first-order valence-corrected chi connectivity index (χ1v) is 8.23. The van der Waals surface area contributed by atoms with E-state index >= 15 is 0 Å². The molecular weight excluding hydrogens is 414 g/mol. The molecule has 2 amide bonds. The summed E-state index contributed by atoms with van der Waals surface area (Å²) < 4.78 is 0.881. The number of hydrogen-bond donors (Lipinski definition) is 2. The first-order chi connectivity index (χ1) is 11.8. The third-order valence-corrected chi connectivity index (χ3v) is 4.00. The minimum absolute atomic E-state index is 0.145. The van der Waals surface area contributed by atoms with Gasteiger partial charge in [0.1, 0.15) is 5.56 Å². The molecule has 0 bridgehead atoms. The highest BCUT2D eigenvalue weighted by Gasteiger charge is 2.21. The van der Waals surface area contributed by atoms with Gasteiger partial charge in [-0.3, -0.25) is 19.7 Å². The van der Waals surface area contributed by atoms with Crippen LogP contribution in [0.2, 0.25) is 5.02 Å². The van der Waals surface area contributed by atoms with Gasteiger partial charge in [0.05, 0.1) is 11.5 Å². The molecule has 9 heteroatoms. The Morgan fingerprint density at radius 2 is 1.96 bits per heavy atom. The van der Waals surface area contributed by atoms with Gasteiger partial charge >= 0.3 is 0 Å². The number of hydrogen-bond acceptors (Lipinski definition) is 4. The zero-order valence-electron chi connectivity index (χ0n) is 13.0.